The molecule has 1 aliphatic rings. The predicted octanol–water partition coefficient (Wildman–Crippen LogP) is 2.85. The molecule has 0 amide bonds. The number of non-ortho nitro benzene ring substituents is 2. The van der Waals surface area contributed by atoms with Crippen molar-refractivity contribution in [2.45, 2.75) is 6.10 Å². The Balaban J connectivity index is 2.15. The van der Waals surface area contributed by atoms with Gasteiger partial charge in [-0.15, -0.1) is 0 Å². The van der Waals surface area contributed by atoms with Crippen LogP contribution in [-0.4, -0.2) is 22.0 Å². The van der Waals surface area contributed by atoms with Gasteiger partial charge < -0.3 is 4.74 Å². The minimum absolute atomic E-state index is 0.0530. The van der Waals surface area contributed by atoms with Gasteiger partial charge in [0, 0.05) is 17.7 Å². The summed E-state index contributed by atoms with van der Waals surface area (Å²) in [6.07, 6.45) is -0.369. The maximum atomic E-state index is 11.3. The minimum atomic E-state index is -0.938. The second kappa shape index (κ2) is 5.88. The molecule has 0 spiro atoms. The van der Waals surface area contributed by atoms with Crippen molar-refractivity contribution in [2.24, 2.45) is 4.99 Å². The van der Waals surface area contributed by atoms with Crippen LogP contribution >= 0.6 is 0 Å². The van der Waals surface area contributed by atoms with Crippen molar-refractivity contribution in [3.63, 3.8) is 0 Å². The number of rotatable bonds is 4. The SMILES string of the molecule is O=CC1OC(c2cc([N+](=O)[O-])cc([N+](=O)[O-])c2)=Nc2ccccc21. The molecule has 0 bridgehead atoms. The quantitative estimate of drug-likeness (QED) is 0.483. The molecule has 0 aliphatic carbocycles. The molecule has 120 valence electrons. The van der Waals surface area contributed by atoms with Gasteiger partial charge in [-0.05, 0) is 6.07 Å². The largest absolute Gasteiger partial charge is 0.461 e. The Morgan fingerprint density at radius 2 is 1.67 bits per heavy atom. The summed E-state index contributed by atoms with van der Waals surface area (Å²) in [6, 6.07) is 9.83. The summed E-state index contributed by atoms with van der Waals surface area (Å²) in [5.41, 5.74) is 0.137. The number of carbonyl (C=O) groups is 1. The number of carbonyl (C=O) groups excluding carboxylic acids is 1. The number of hydrogen-bond donors (Lipinski definition) is 0. The molecule has 0 fully saturated rings. The number of hydrogen-bond acceptors (Lipinski definition) is 7. The number of nitro benzene ring substituents is 2. The lowest BCUT2D eigenvalue weighted by atomic mass is 10.1. The second-order valence-electron chi connectivity index (χ2n) is 4.90. The number of aldehydes is 1. The van der Waals surface area contributed by atoms with Crippen molar-refractivity contribution in [1.82, 2.24) is 0 Å². The molecular weight excluding hydrogens is 318 g/mol. The molecule has 1 heterocycles. The molecule has 1 unspecified atom stereocenters. The van der Waals surface area contributed by atoms with Crippen molar-refractivity contribution in [3.05, 3.63) is 73.8 Å². The number of nitro groups is 2. The molecule has 24 heavy (non-hydrogen) atoms. The number of nitrogens with zero attached hydrogens (tertiary/aromatic N) is 3. The molecule has 1 atom stereocenters. The van der Waals surface area contributed by atoms with E-state index in [4.69, 9.17) is 4.74 Å². The molecule has 3 rings (SSSR count). The van der Waals surface area contributed by atoms with E-state index in [1.54, 1.807) is 24.3 Å². The van der Waals surface area contributed by atoms with Gasteiger partial charge in [0.1, 0.15) is 0 Å². The zero-order valence-corrected chi connectivity index (χ0v) is 12.0. The van der Waals surface area contributed by atoms with E-state index >= 15 is 0 Å². The number of para-hydroxylation sites is 1. The van der Waals surface area contributed by atoms with Crippen LogP contribution in [0.25, 0.3) is 0 Å². The monoisotopic (exact) mass is 327 g/mol. The van der Waals surface area contributed by atoms with Gasteiger partial charge in [0.2, 0.25) is 5.90 Å². The van der Waals surface area contributed by atoms with Crippen molar-refractivity contribution in [3.8, 4) is 0 Å². The molecule has 2 aromatic carbocycles. The molecule has 0 saturated heterocycles. The standard InChI is InChI=1S/C15H9N3O6/c19-8-14-12-3-1-2-4-13(12)16-15(24-14)9-5-10(17(20)21)7-11(6-9)18(22)23/h1-8,14H. The summed E-state index contributed by atoms with van der Waals surface area (Å²) in [5, 5.41) is 22.0. The number of aliphatic imine (C=N–C) groups is 1. The van der Waals surface area contributed by atoms with Crippen LogP contribution in [0.4, 0.5) is 17.1 Å². The second-order valence-corrected chi connectivity index (χ2v) is 4.90. The van der Waals surface area contributed by atoms with Gasteiger partial charge in [0.05, 0.1) is 27.2 Å². The molecule has 9 heteroatoms. The van der Waals surface area contributed by atoms with Gasteiger partial charge >= 0.3 is 0 Å². The Morgan fingerprint density at radius 1 is 1.04 bits per heavy atom. The summed E-state index contributed by atoms with van der Waals surface area (Å²) >= 11 is 0. The van der Waals surface area contributed by atoms with Crippen LogP contribution in [0.2, 0.25) is 0 Å². The third-order valence-corrected chi connectivity index (χ3v) is 3.40. The first-order chi connectivity index (χ1) is 11.5. The van der Waals surface area contributed by atoms with E-state index in [9.17, 15) is 25.0 Å². The van der Waals surface area contributed by atoms with Crippen LogP contribution in [0.1, 0.15) is 17.2 Å². The summed E-state index contributed by atoms with van der Waals surface area (Å²) in [5.74, 6) is -0.0856. The fourth-order valence-corrected chi connectivity index (χ4v) is 2.31. The van der Waals surface area contributed by atoms with Crippen LogP contribution in [0.5, 0.6) is 0 Å². The fraction of sp³-hybridized carbons (Fsp3) is 0.0667. The van der Waals surface area contributed by atoms with Crippen LogP contribution < -0.4 is 0 Å². The van der Waals surface area contributed by atoms with Gasteiger partial charge in [-0.2, -0.15) is 0 Å². The van der Waals surface area contributed by atoms with Gasteiger partial charge in [0.15, 0.2) is 12.4 Å². The van der Waals surface area contributed by atoms with Crippen molar-refractivity contribution < 1.29 is 19.4 Å². The molecule has 9 nitrogen and oxygen atoms in total. The van der Waals surface area contributed by atoms with Crippen LogP contribution in [0.15, 0.2) is 47.5 Å². The van der Waals surface area contributed by atoms with E-state index in [1.807, 2.05) is 0 Å². The third-order valence-electron chi connectivity index (χ3n) is 3.40. The van der Waals surface area contributed by atoms with E-state index in [-0.39, 0.29) is 11.5 Å². The Bertz CT molecular complexity index is 860. The summed E-state index contributed by atoms with van der Waals surface area (Å²) in [7, 11) is 0. The first-order valence-electron chi connectivity index (χ1n) is 6.73. The predicted molar refractivity (Wildman–Crippen MR) is 82.3 cm³/mol. The molecule has 2 aromatic rings. The minimum Gasteiger partial charge on any atom is -0.461 e. The Kier molecular flexibility index (Phi) is 3.74. The van der Waals surface area contributed by atoms with E-state index < -0.39 is 27.3 Å². The average Bonchev–Trinajstić information content (AvgIpc) is 2.60. The highest BCUT2D eigenvalue weighted by Crippen LogP contribution is 2.34. The average molecular weight is 327 g/mol. The summed E-state index contributed by atoms with van der Waals surface area (Å²) < 4.78 is 5.45. The fourth-order valence-electron chi connectivity index (χ4n) is 2.31. The lowest BCUT2D eigenvalue weighted by molar-refractivity contribution is -0.394. The van der Waals surface area contributed by atoms with E-state index in [0.717, 1.165) is 18.2 Å². The zero-order valence-electron chi connectivity index (χ0n) is 12.0. The van der Waals surface area contributed by atoms with Crippen LogP contribution in [0.3, 0.4) is 0 Å². The summed E-state index contributed by atoms with van der Waals surface area (Å²) in [4.78, 5) is 35.9. The van der Waals surface area contributed by atoms with Crippen LogP contribution in [-0.2, 0) is 9.53 Å². The van der Waals surface area contributed by atoms with Crippen molar-refractivity contribution in [2.75, 3.05) is 0 Å². The van der Waals surface area contributed by atoms with Crippen molar-refractivity contribution >= 4 is 29.2 Å². The van der Waals surface area contributed by atoms with Gasteiger partial charge in [-0.25, -0.2) is 4.99 Å². The van der Waals surface area contributed by atoms with Crippen LogP contribution in [0, 0.1) is 20.2 Å². The first-order valence-corrected chi connectivity index (χ1v) is 6.73. The molecule has 0 N–H and O–H groups in total. The van der Waals surface area contributed by atoms with Gasteiger partial charge in [-0.3, -0.25) is 25.0 Å². The highest BCUT2D eigenvalue weighted by Gasteiger charge is 2.26. The van der Waals surface area contributed by atoms with E-state index in [2.05, 4.69) is 4.99 Å². The lowest BCUT2D eigenvalue weighted by Gasteiger charge is -2.22. The highest BCUT2D eigenvalue weighted by atomic mass is 16.6. The number of fused-ring (bicyclic) bond motifs is 1. The Hall–Kier alpha value is -3.62. The molecular formula is C15H9N3O6. The summed E-state index contributed by atoms with van der Waals surface area (Å²) in [6.45, 7) is 0. The maximum absolute atomic E-state index is 11.3. The molecule has 0 saturated carbocycles. The molecule has 1 aliphatic heterocycles. The van der Waals surface area contributed by atoms with Crippen molar-refractivity contribution in [1.29, 1.82) is 0 Å². The smallest absolute Gasteiger partial charge is 0.277 e. The molecule has 0 radical (unpaired) electrons. The normalized spacial score (nSPS) is 15.7. The Labute approximate surface area is 134 Å². The topological polar surface area (TPSA) is 125 Å². The lowest BCUT2D eigenvalue weighted by Crippen LogP contribution is -2.18. The van der Waals surface area contributed by atoms with Gasteiger partial charge in [0.25, 0.3) is 11.4 Å². The Morgan fingerprint density at radius 3 is 2.25 bits per heavy atom. The van der Waals surface area contributed by atoms with E-state index in [1.165, 1.54) is 0 Å². The number of benzene rings is 2. The van der Waals surface area contributed by atoms with Gasteiger partial charge in [-0.1, -0.05) is 18.2 Å². The molecule has 0 aromatic heterocycles. The van der Waals surface area contributed by atoms with E-state index in [0.29, 0.717) is 17.5 Å². The maximum Gasteiger partial charge on any atom is 0.277 e. The zero-order chi connectivity index (χ0) is 17.3. The highest BCUT2D eigenvalue weighted by molar-refractivity contribution is 5.99. The third kappa shape index (κ3) is 2.70. The first kappa shape index (κ1) is 15.3. The number of ether oxygens (including phenoxy) is 1.